The van der Waals surface area contributed by atoms with Gasteiger partial charge in [-0.1, -0.05) is 76.2 Å². The van der Waals surface area contributed by atoms with Crippen molar-refractivity contribution in [2.24, 2.45) is 11.8 Å². The van der Waals surface area contributed by atoms with Gasteiger partial charge in [0.05, 0.1) is 0 Å². The number of carboxylic acid groups (broad SMARTS) is 1. The van der Waals surface area contributed by atoms with Gasteiger partial charge in [-0.2, -0.15) is 0 Å². The standard InChI is InChI=1S/C26H32N2O5/c1-15(2)22(25(30)31)27-24(29)23(16(3)4)28(5)26(32)33-14-21-19-12-8-6-10-17(19)18-11-7-9-13-20(18)21/h6-13,15-16,21-23H,14H2,1-5H3,(H,27,29)(H,30,31)/t22-,23+/m1/s1. The molecule has 0 radical (unpaired) electrons. The average Bonchev–Trinajstić information content (AvgIpc) is 3.09. The monoisotopic (exact) mass is 452 g/mol. The summed E-state index contributed by atoms with van der Waals surface area (Å²) < 4.78 is 5.67. The molecule has 2 atom stereocenters. The molecular formula is C26H32N2O5. The zero-order valence-corrected chi connectivity index (χ0v) is 19.7. The van der Waals surface area contributed by atoms with E-state index in [0.29, 0.717) is 0 Å². The average molecular weight is 453 g/mol. The molecule has 2 aromatic rings. The lowest BCUT2D eigenvalue weighted by Crippen LogP contribution is -2.55. The van der Waals surface area contributed by atoms with Crippen LogP contribution in [0.2, 0.25) is 0 Å². The highest BCUT2D eigenvalue weighted by atomic mass is 16.6. The van der Waals surface area contributed by atoms with Crippen molar-refractivity contribution in [3.63, 3.8) is 0 Å². The van der Waals surface area contributed by atoms with Gasteiger partial charge < -0.3 is 15.2 Å². The first kappa shape index (κ1) is 24.3. The van der Waals surface area contributed by atoms with Crippen LogP contribution in [0.3, 0.4) is 0 Å². The quantitative estimate of drug-likeness (QED) is 0.628. The number of nitrogens with zero attached hydrogens (tertiary/aromatic N) is 1. The van der Waals surface area contributed by atoms with E-state index in [1.165, 1.54) is 11.9 Å². The SMILES string of the molecule is CC(C)[C@@H](C(=O)N[C@@H](C(=O)O)C(C)C)N(C)C(=O)OCC1c2ccccc2-c2ccccc21. The molecule has 7 nitrogen and oxygen atoms in total. The second-order valence-electron chi connectivity index (χ2n) is 9.17. The smallest absolute Gasteiger partial charge is 0.410 e. The lowest BCUT2D eigenvalue weighted by Gasteiger charge is -2.31. The Morgan fingerprint density at radius 3 is 1.91 bits per heavy atom. The first-order chi connectivity index (χ1) is 15.6. The highest BCUT2D eigenvalue weighted by molar-refractivity contribution is 5.89. The van der Waals surface area contributed by atoms with E-state index in [2.05, 4.69) is 17.4 Å². The van der Waals surface area contributed by atoms with Crippen LogP contribution >= 0.6 is 0 Å². The number of hydrogen-bond acceptors (Lipinski definition) is 4. The topological polar surface area (TPSA) is 95.9 Å². The minimum atomic E-state index is -1.11. The lowest BCUT2D eigenvalue weighted by molar-refractivity contribution is -0.144. The van der Waals surface area contributed by atoms with Crippen molar-refractivity contribution in [1.82, 2.24) is 10.2 Å². The lowest BCUT2D eigenvalue weighted by atomic mass is 9.98. The van der Waals surface area contributed by atoms with Crippen molar-refractivity contribution in [2.75, 3.05) is 13.7 Å². The third-order valence-corrected chi connectivity index (χ3v) is 6.17. The molecule has 0 bridgehead atoms. The van der Waals surface area contributed by atoms with Crippen molar-refractivity contribution in [2.45, 2.75) is 45.7 Å². The molecule has 0 spiro atoms. The van der Waals surface area contributed by atoms with Crippen LogP contribution in [0.4, 0.5) is 4.79 Å². The molecule has 2 aromatic carbocycles. The van der Waals surface area contributed by atoms with E-state index in [1.807, 2.05) is 50.2 Å². The van der Waals surface area contributed by atoms with Crippen molar-refractivity contribution in [1.29, 1.82) is 0 Å². The number of likely N-dealkylation sites (N-methyl/N-ethyl adjacent to an activating group) is 1. The zero-order valence-electron chi connectivity index (χ0n) is 19.7. The fourth-order valence-electron chi connectivity index (χ4n) is 4.49. The zero-order chi connectivity index (χ0) is 24.3. The van der Waals surface area contributed by atoms with Crippen LogP contribution < -0.4 is 5.32 Å². The van der Waals surface area contributed by atoms with Crippen molar-refractivity contribution < 1.29 is 24.2 Å². The number of benzene rings is 2. The molecule has 0 heterocycles. The molecule has 33 heavy (non-hydrogen) atoms. The highest BCUT2D eigenvalue weighted by Crippen LogP contribution is 2.44. The van der Waals surface area contributed by atoms with Gasteiger partial charge in [0.2, 0.25) is 5.91 Å². The van der Waals surface area contributed by atoms with Gasteiger partial charge in [-0.3, -0.25) is 9.69 Å². The van der Waals surface area contributed by atoms with Crippen molar-refractivity contribution in [3.8, 4) is 11.1 Å². The molecule has 1 aliphatic carbocycles. The van der Waals surface area contributed by atoms with Gasteiger partial charge in [0.25, 0.3) is 0 Å². The molecule has 176 valence electrons. The van der Waals surface area contributed by atoms with Gasteiger partial charge in [0.1, 0.15) is 18.7 Å². The Morgan fingerprint density at radius 1 is 0.939 bits per heavy atom. The summed E-state index contributed by atoms with van der Waals surface area (Å²) in [5, 5.41) is 12.0. The third-order valence-electron chi connectivity index (χ3n) is 6.17. The summed E-state index contributed by atoms with van der Waals surface area (Å²) >= 11 is 0. The van der Waals surface area contributed by atoms with Gasteiger partial charge in [-0.15, -0.1) is 0 Å². The molecule has 2 N–H and O–H groups in total. The maximum atomic E-state index is 12.9. The van der Waals surface area contributed by atoms with E-state index in [-0.39, 0.29) is 24.4 Å². The van der Waals surface area contributed by atoms with E-state index in [0.717, 1.165) is 22.3 Å². The minimum absolute atomic E-state index is 0.0848. The molecule has 3 rings (SSSR count). The number of carboxylic acids is 1. The molecule has 0 saturated carbocycles. The van der Waals surface area contributed by atoms with E-state index in [9.17, 15) is 19.5 Å². The number of nitrogens with one attached hydrogen (secondary N) is 1. The Labute approximate surface area is 194 Å². The highest BCUT2D eigenvalue weighted by Gasteiger charge is 2.35. The first-order valence-corrected chi connectivity index (χ1v) is 11.2. The summed E-state index contributed by atoms with van der Waals surface area (Å²) in [7, 11) is 1.51. The molecule has 1 aliphatic rings. The van der Waals surface area contributed by atoms with Crippen molar-refractivity contribution in [3.05, 3.63) is 59.7 Å². The fraction of sp³-hybridized carbons (Fsp3) is 0.423. The Bertz CT molecular complexity index is 987. The number of aliphatic carboxylic acids is 1. The Morgan fingerprint density at radius 2 is 1.45 bits per heavy atom. The normalized spacial score (nSPS) is 14.4. The second-order valence-corrected chi connectivity index (χ2v) is 9.17. The number of rotatable bonds is 8. The van der Waals surface area contributed by atoms with E-state index in [4.69, 9.17) is 4.74 Å². The summed E-state index contributed by atoms with van der Waals surface area (Å²) in [6.45, 7) is 7.20. The predicted molar refractivity (Wildman–Crippen MR) is 126 cm³/mol. The summed E-state index contributed by atoms with van der Waals surface area (Å²) in [5.41, 5.74) is 4.48. The molecule has 0 fully saturated rings. The number of hydrogen-bond donors (Lipinski definition) is 2. The summed E-state index contributed by atoms with van der Waals surface area (Å²) in [4.78, 5) is 38.6. The second kappa shape index (κ2) is 10.1. The van der Waals surface area contributed by atoms with Gasteiger partial charge >= 0.3 is 12.1 Å². The molecule has 0 aromatic heterocycles. The molecule has 0 saturated heterocycles. The van der Waals surface area contributed by atoms with E-state index >= 15 is 0 Å². The largest absolute Gasteiger partial charge is 0.480 e. The first-order valence-electron chi connectivity index (χ1n) is 11.2. The number of carbonyl (C=O) groups excluding carboxylic acids is 2. The number of ether oxygens (including phenoxy) is 1. The Hall–Kier alpha value is -3.35. The summed E-state index contributed by atoms with van der Waals surface area (Å²) in [6.07, 6.45) is -0.623. The van der Waals surface area contributed by atoms with Crippen LogP contribution in [0, 0.1) is 11.8 Å². The molecule has 2 amide bonds. The Balaban J connectivity index is 1.73. The molecular weight excluding hydrogens is 420 g/mol. The number of amides is 2. The maximum Gasteiger partial charge on any atom is 0.410 e. The van der Waals surface area contributed by atoms with Crippen LogP contribution in [-0.2, 0) is 14.3 Å². The minimum Gasteiger partial charge on any atom is -0.480 e. The van der Waals surface area contributed by atoms with Gasteiger partial charge in [-0.25, -0.2) is 9.59 Å². The summed E-state index contributed by atoms with van der Waals surface area (Å²) in [6, 6.07) is 14.2. The predicted octanol–water partition coefficient (Wildman–Crippen LogP) is 4.12. The van der Waals surface area contributed by atoms with Gasteiger partial charge in [0.15, 0.2) is 0 Å². The summed E-state index contributed by atoms with van der Waals surface area (Å²) in [5.74, 6) is -2.23. The van der Waals surface area contributed by atoms with Crippen LogP contribution in [0.5, 0.6) is 0 Å². The maximum absolute atomic E-state index is 12.9. The molecule has 0 unspecified atom stereocenters. The number of carbonyl (C=O) groups is 3. The van der Waals surface area contributed by atoms with Gasteiger partial charge in [-0.05, 0) is 34.1 Å². The van der Waals surface area contributed by atoms with Crippen LogP contribution in [0.1, 0.15) is 44.7 Å². The van der Waals surface area contributed by atoms with Gasteiger partial charge in [0, 0.05) is 13.0 Å². The van der Waals surface area contributed by atoms with E-state index < -0.39 is 30.1 Å². The van der Waals surface area contributed by atoms with Crippen molar-refractivity contribution >= 4 is 18.0 Å². The molecule has 0 aliphatic heterocycles. The molecule has 7 heteroatoms. The van der Waals surface area contributed by atoms with Crippen LogP contribution in [0.15, 0.2) is 48.5 Å². The third kappa shape index (κ3) is 5.02. The van der Waals surface area contributed by atoms with Crippen LogP contribution in [0.25, 0.3) is 11.1 Å². The van der Waals surface area contributed by atoms with Crippen LogP contribution in [-0.4, -0.2) is 53.7 Å². The van der Waals surface area contributed by atoms with E-state index in [1.54, 1.807) is 13.8 Å². The fourth-order valence-corrected chi connectivity index (χ4v) is 4.49. The Kier molecular flexibility index (Phi) is 7.41. The number of fused-ring (bicyclic) bond motifs is 3.